The van der Waals surface area contributed by atoms with E-state index in [2.05, 4.69) is 122 Å². The number of imidazole rings is 1. The minimum Gasteiger partial charge on any atom is -0.234 e. The summed E-state index contributed by atoms with van der Waals surface area (Å²) in [6, 6.07) is 30.9. The van der Waals surface area contributed by atoms with Crippen LogP contribution >= 0.6 is 7.92 Å². The molecule has 0 N–H and O–H groups in total. The van der Waals surface area contributed by atoms with E-state index in [9.17, 15) is 0 Å². The van der Waals surface area contributed by atoms with E-state index in [1.165, 1.54) is 38.7 Å². The molecule has 0 amide bonds. The minimum atomic E-state index is -0.603. The average Bonchev–Trinajstić information content (AvgIpc) is 2.94. The zero-order valence-electron chi connectivity index (χ0n) is 17.6. The summed E-state index contributed by atoms with van der Waals surface area (Å²) in [5, 5.41) is 4.22. The fraction of sp³-hybridized carbons (Fsp3) is 0.192. The van der Waals surface area contributed by atoms with Gasteiger partial charge in [0.1, 0.15) is 17.9 Å². The maximum Gasteiger partial charge on any atom is 0.253 e. The molecule has 0 aliphatic heterocycles. The highest BCUT2D eigenvalue weighted by molar-refractivity contribution is 7.79. The Morgan fingerprint density at radius 2 is 1.24 bits per heavy atom. The molecular formula is C26H28N2P+. The van der Waals surface area contributed by atoms with Crippen LogP contribution in [-0.2, 0) is 13.6 Å². The van der Waals surface area contributed by atoms with Crippen molar-refractivity contribution in [2.45, 2.75) is 27.3 Å². The van der Waals surface area contributed by atoms with Crippen molar-refractivity contribution >= 4 is 23.8 Å². The highest BCUT2D eigenvalue weighted by Gasteiger charge is 2.23. The third-order valence-corrected chi connectivity index (χ3v) is 8.44. The van der Waals surface area contributed by atoms with Gasteiger partial charge in [-0.25, -0.2) is 9.13 Å². The highest BCUT2D eigenvalue weighted by atomic mass is 31.1. The number of nitrogens with zero attached hydrogens (tertiary/aromatic N) is 2. The molecule has 1 aromatic heterocycles. The van der Waals surface area contributed by atoms with E-state index in [1.807, 2.05) is 0 Å². The van der Waals surface area contributed by atoms with Gasteiger partial charge >= 0.3 is 0 Å². The van der Waals surface area contributed by atoms with Crippen molar-refractivity contribution in [3.05, 3.63) is 108 Å². The van der Waals surface area contributed by atoms with Crippen LogP contribution < -0.4 is 20.5 Å². The summed E-state index contributed by atoms with van der Waals surface area (Å²) in [6.07, 6.45) is 0. The van der Waals surface area contributed by atoms with E-state index < -0.39 is 7.92 Å². The maximum absolute atomic E-state index is 2.44. The molecule has 0 unspecified atom stereocenters. The lowest BCUT2D eigenvalue weighted by Gasteiger charge is -2.22. The van der Waals surface area contributed by atoms with E-state index in [-0.39, 0.29) is 0 Å². The molecule has 0 saturated heterocycles. The van der Waals surface area contributed by atoms with Crippen LogP contribution in [0.25, 0.3) is 0 Å². The van der Waals surface area contributed by atoms with Gasteiger partial charge in [0.25, 0.3) is 5.82 Å². The third kappa shape index (κ3) is 3.78. The first-order valence-electron chi connectivity index (χ1n) is 10.1. The molecule has 3 heteroatoms. The van der Waals surface area contributed by atoms with Crippen LogP contribution in [0.2, 0.25) is 0 Å². The van der Waals surface area contributed by atoms with Gasteiger partial charge in [-0.05, 0) is 23.8 Å². The lowest BCUT2D eigenvalue weighted by Crippen LogP contribution is -2.33. The van der Waals surface area contributed by atoms with Gasteiger partial charge in [0.05, 0.1) is 7.05 Å². The standard InChI is InChI=1S/C26H28N2P/c1-20-21(2)28(22(3)27(20)4)19-23-13-11-12-18-26(23)29(24-14-7-5-8-15-24)25-16-9-6-10-17-25/h5-18H,19H2,1-4H3/q+1. The summed E-state index contributed by atoms with van der Waals surface area (Å²) >= 11 is 0. The molecule has 0 spiro atoms. The Hall–Kier alpha value is -2.70. The Bertz CT molecular complexity index is 1050. The molecule has 0 bridgehead atoms. The average molecular weight is 399 g/mol. The molecule has 0 aliphatic carbocycles. The van der Waals surface area contributed by atoms with Crippen molar-refractivity contribution in [1.82, 2.24) is 4.57 Å². The van der Waals surface area contributed by atoms with Crippen molar-refractivity contribution in [3.8, 4) is 0 Å². The summed E-state index contributed by atoms with van der Waals surface area (Å²) < 4.78 is 4.73. The van der Waals surface area contributed by atoms with Crippen molar-refractivity contribution < 1.29 is 4.57 Å². The van der Waals surface area contributed by atoms with E-state index in [0.717, 1.165) is 6.54 Å². The van der Waals surface area contributed by atoms with Gasteiger partial charge in [-0.15, -0.1) is 0 Å². The quantitative estimate of drug-likeness (QED) is 0.354. The largest absolute Gasteiger partial charge is 0.253 e. The lowest BCUT2D eigenvalue weighted by molar-refractivity contribution is -0.683. The number of hydrogen-bond donors (Lipinski definition) is 0. The summed E-state index contributed by atoms with van der Waals surface area (Å²) in [6.45, 7) is 7.53. The van der Waals surface area contributed by atoms with Crippen LogP contribution in [-0.4, -0.2) is 4.57 Å². The molecular weight excluding hydrogens is 371 g/mol. The maximum atomic E-state index is 2.44. The zero-order valence-corrected chi connectivity index (χ0v) is 18.5. The summed E-state index contributed by atoms with van der Waals surface area (Å²) in [7, 11) is 1.55. The van der Waals surface area contributed by atoms with Crippen molar-refractivity contribution in [1.29, 1.82) is 0 Å². The second-order valence-corrected chi connectivity index (χ2v) is 9.68. The van der Waals surface area contributed by atoms with Gasteiger partial charge in [-0.3, -0.25) is 0 Å². The monoisotopic (exact) mass is 399 g/mol. The van der Waals surface area contributed by atoms with E-state index >= 15 is 0 Å². The predicted octanol–water partition coefficient (Wildman–Crippen LogP) is 4.04. The Labute approximate surface area is 175 Å². The molecule has 0 fully saturated rings. The Balaban J connectivity index is 1.85. The van der Waals surface area contributed by atoms with Crippen molar-refractivity contribution in [2.75, 3.05) is 0 Å². The van der Waals surface area contributed by atoms with Crippen LogP contribution in [0.15, 0.2) is 84.9 Å². The molecule has 0 aliphatic rings. The number of hydrogen-bond acceptors (Lipinski definition) is 0. The third-order valence-electron chi connectivity index (χ3n) is 5.90. The molecule has 4 aromatic rings. The molecule has 2 nitrogen and oxygen atoms in total. The first kappa shape index (κ1) is 19.6. The fourth-order valence-electron chi connectivity index (χ4n) is 3.95. The molecule has 146 valence electrons. The minimum absolute atomic E-state index is 0.603. The van der Waals surface area contributed by atoms with Crippen LogP contribution in [0, 0.1) is 20.8 Å². The normalized spacial score (nSPS) is 11.2. The molecule has 1 heterocycles. The summed E-state index contributed by atoms with van der Waals surface area (Å²) in [4.78, 5) is 0. The molecule has 3 aromatic carbocycles. The van der Waals surface area contributed by atoms with Gasteiger partial charge in [-0.2, -0.15) is 0 Å². The lowest BCUT2D eigenvalue weighted by atomic mass is 10.2. The predicted molar refractivity (Wildman–Crippen MR) is 124 cm³/mol. The van der Waals surface area contributed by atoms with E-state index in [4.69, 9.17) is 0 Å². The second-order valence-electron chi connectivity index (χ2n) is 7.50. The summed E-state index contributed by atoms with van der Waals surface area (Å²) in [5.41, 5.74) is 4.06. The molecule has 0 radical (unpaired) electrons. The first-order chi connectivity index (χ1) is 14.1. The van der Waals surface area contributed by atoms with Gasteiger partial charge in [0.15, 0.2) is 0 Å². The zero-order chi connectivity index (χ0) is 20.4. The van der Waals surface area contributed by atoms with Crippen LogP contribution in [0.4, 0.5) is 0 Å². The van der Waals surface area contributed by atoms with E-state index in [1.54, 1.807) is 0 Å². The van der Waals surface area contributed by atoms with Crippen LogP contribution in [0.5, 0.6) is 0 Å². The van der Waals surface area contributed by atoms with Crippen LogP contribution in [0.1, 0.15) is 22.8 Å². The van der Waals surface area contributed by atoms with Crippen molar-refractivity contribution in [2.24, 2.45) is 7.05 Å². The molecule has 29 heavy (non-hydrogen) atoms. The Morgan fingerprint density at radius 1 is 0.724 bits per heavy atom. The number of aromatic nitrogens is 2. The SMILES string of the molecule is Cc1c(C)[n+](C)c(C)n1Cc1ccccc1P(c1ccccc1)c1ccccc1. The smallest absolute Gasteiger partial charge is 0.234 e. The Morgan fingerprint density at radius 3 is 1.76 bits per heavy atom. The fourth-order valence-corrected chi connectivity index (χ4v) is 6.41. The van der Waals surface area contributed by atoms with Gasteiger partial charge in [0.2, 0.25) is 0 Å². The number of rotatable bonds is 5. The van der Waals surface area contributed by atoms with Gasteiger partial charge < -0.3 is 0 Å². The molecule has 4 rings (SSSR count). The van der Waals surface area contributed by atoms with Crippen molar-refractivity contribution in [3.63, 3.8) is 0 Å². The van der Waals surface area contributed by atoms with E-state index in [0.29, 0.717) is 0 Å². The van der Waals surface area contributed by atoms with Gasteiger partial charge in [-0.1, -0.05) is 84.9 Å². The van der Waals surface area contributed by atoms with Crippen LogP contribution in [0.3, 0.4) is 0 Å². The molecule has 0 saturated carbocycles. The highest BCUT2D eigenvalue weighted by Crippen LogP contribution is 2.34. The topological polar surface area (TPSA) is 8.81 Å². The summed E-state index contributed by atoms with van der Waals surface area (Å²) in [5.74, 6) is 1.29. The molecule has 0 atom stereocenters. The van der Waals surface area contributed by atoms with Gasteiger partial charge in [0, 0.05) is 26.3 Å². The Kier molecular flexibility index (Phi) is 5.65. The second kappa shape index (κ2) is 8.35. The first-order valence-corrected chi connectivity index (χ1v) is 11.4. The number of benzene rings is 3.